The summed E-state index contributed by atoms with van der Waals surface area (Å²) in [6.07, 6.45) is 7.32. The second-order valence-electron chi connectivity index (χ2n) is 10.3. The van der Waals surface area contributed by atoms with E-state index in [0.29, 0.717) is 13.1 Å². The lowest BCUT2D eigenvalue weighted by Gasteiger charge is -2.28. The first-order valence-electron chi connectivity index (χ1n) is 12.7. The summed E-state index contributed by atoms with van der Waals surface area (Å²) in [4.78, 5) is 30.2. The molecule has 2 aromatic carbocycles. The molecule has 2 aliphatic rings. The predicted molar refractivity (Wildman–Crippen MR) is 134 cm³/mol. The van der Waals surface area contributed by atoms with Crippen molar-refractivity contribution in [2.45, 2.75) is 57.8 Å². The van der Waals surface area contributed by atoms with Gasteiger partial charge in [-0.2, -0.15) is 0 Å². The zero-order valence-corrected chi connectivity index (χ0v) is 20.3. The summed E-state index contributed by atoms with van der Waals surface area (Å²) in [5.41, 5.74) is 3.60. The fourth-order valence-corrected chi connectivity index (χ4v) is 5.14. The van der Waals surface area contributed by atoms with Crippen LogP contribution in [-0.4, -0.2) is 60.6 Å². The van der Waals surface area contributed by atoms with Crippen molar-refractivity contribution in [1.82, 2.24) is 9.80 Å². The van der Waals surface area contributed by atoms with Crippen LogP contribution in [0.2, 0.25) is 0 Å². The van der Waals surface area contributed by atoms with Gasteiger partial charge in [-0.15, -0.1) is 0 Å². The average Bonchev–Trinajstić information content (AvgIpc) is 2.85. The summed E-state index contributed by atoms with van der Waals surface area (Å²) in [6, 6.07) is 16.2. The third kappa shape index (κ3) is 5.99. The van der Waals surface area contributed by atoms with Crippen LogP contribution in [0.4, 0.5) is 0 Å². The molecule has 0 atom stereocenters. The molecule has 0 amide bonds. The lowest BCUT2D eigenvalue weighted by molar-refractivity contribution is 0.0908. The second-order valence-corrected chi connectivity index (χ2v) is 10.3. The van der Waals surface area contributed by atoms with Crippen molar-refractivity contribution in [3.05, 3.63) is 70.8 Å². The second kappa shape index (κ2) is 10.8. The van der Waals surface area contributed by atoms with Gasteiger partial charge in [-0.3, -0.25) is 19.4 Å². The minimum Gasteiger partial charge on any atom is -0.296 e. The summed E-state index contributed by atoms with van der Waals surface area (Å²) >= 11 is 0. The van der Waals surface area contributed by atoms with Gasteiger partial charge >= 0.3 is 0 Å². The molecule has 0 bridgehead atoms. The van der Waals surface area contributed by atoms with E-state index >= 15 is 0 Å². The van der Waals surface area contributed by atoms with Gasteiger partial charge in [-0.1, -0.05) is 69.2 Å². The predicted octanol–water partition coefficient (Wildman–Crippen LogP) is 5.35. The number of piperidine rings is 2. The number of Topliss-reactive ketones (excluding diaryl/α,β-unsaturated/α-hetero) is 2. The summed E-state index contributed by atoms with van der Waals surface area (Å²) in [7, 11) is 0. The maximum atomic E-state index is 12.9. The first-order chi connectivity index (χ1) is 15.9. The van der Waals surface area contributed by atoms with Crippen LogP contribution < -0.4 is 0 Å². The minimum atomic E-state index is -0.254. The largest absolute Gasteiger partial charge is 0.296 e. The van der Waals surface area contributed by atoms with Crippen molar-refractivity contribution in [3.8, 4) is 0 Å². The van der Waals surface area contributed by atoms with Gasteiger partial charge < -0.3 is 0 Å². The lowest BCUT2D eigenvalue weighted by Crippen LogP contribution is -2.34. The highest BCUT2D eigenvalue weighted by Gasteiger charge is 2.25. The Kier molecular flexibility index (Phi) is 7.77. The minimum absolute atomic E-state index is 0.201. The number of rotatable bonds is 8. The van der Waals surface area contributed by atoms with E-state index in [-0.39, 0.29) is 17.0 Å². The van der Waals surface area contributed by atoms with E-state index in [9.17, 15) is 9.59 Å². The zero-order chi connectivity index (χ0) is 23.3. The molecule has 33 heavy (non-hydrogen) atoms. The third-order valence-electron chi connectivity index (χ3n) is 7.47. The van der Waals surface area contributed by atoms with E-state index < -0.39 is 0 Å². The highest BCUT2D eigenvalue weighted by atomic mass is 16.1. The van der Waals surface area contributed by atoms with Crippen LogP contribution in [0.25, 0.3) is 0 Å². The molecule has 0 aromatic heterocycles. The van der Waals surface area contributed by atoms with E-state index in [1.807, 2.05) is 24.3 Å². The van der Waals surface area contributed by atoms with Gasteiger partial charge in [0.05, 0.1) is 13.1 Å². The van der Waals surface area contributed by atoms with Crippen molar-refractivity contribution in [2.24, 2.45) is 0 Å². The number of nitrogens with zero attached hydrogens (tertiary/aromatic N) is 2. The molecule has 0 spiro atoms. The summed E-state index contributed by atoms with van der Waals surface area (Å²) < 4.78 is 0. The van der Waals surface area contributed by atoms with Gasteiger partial charge in [0.2, 0.25) is 0 Å². The molecule has 176 valence electrons. The van der Waals surface area contributed by atoms with Crippen molar-refractivity contribution >= 4 is 11.6 Å². The number of benzene rings is 2. The smallest absolute Gasteiger partial charge is 0.176 e. The van der Waals surface area contributed by atoms with E-state index in [2.05, 4.69) is 47.9 Å². The molecule has 2 saturated heterocycles. The Morgan fingerprint density at radius 1 is 0.667 bits per heavy atom. The topological polar surface area (TPSA) is 40.6 Å². The van der Waals surface area contributed by atoms with Crippen molar-refractivity contribution < 1.29 is 9.59 Å². The van der Waals surface area contributed by atoms with Crippen LogP contribution >= 0.6 is 0 Å². The SMILES string of the molecule is CC(C)(c1ccc(C(=O)CN2CCCCC2)cc1)c1cccc(C(=O)CN2CCCCC2)c1. The highest BCUT2D eigenvalue weighted by Crippen LogP contribution is 2.32. The zero-order valence-electron chi connectivity index (χ0n) is 20.3. The molecular weight excluding hydrogens is 408 g/mol. The molecule has 4 heteroatoms. The van der Waals surface area contributed by atoms with Crippen LogP contribution in [0.1, 0.15) is 84.2 Å². The van der Waals surface area contributed by atoms with E-state index in [1.54, 1.807) is 0 Å². The Hall–Kier alpha value is -2.30. The van der Waals surface area contributed by atoms with Gasteiger partial charge in [-0.25, -0.2) is 0 Å². The normalized spacial score (nSPS) is 18.2. The number of likely N-dealkylation sites (tertiary alicyclic amines) is 2. The number of carbonyl (C=O) groups is 2. The number of hydrogen-bond donors (Lipinski definition) is 0. The Labute approximate surface area is 199 Å². The fraction of sp³-hybridized carbons (Fsp3) is 0.517. The number of carbonyl (C=O) groups excluding carboxylic acids is 2. The molecule has 4 nitrogen and oxygen atoms in total. The van der Waals surface area contributed by atoms with Crippen molar-refractivity contribution in [1.29, 1.82) is 0 Å². The summed E-state index contributed by atoms with van der Waals surface area (Å²) in [6.45, 7) is 9.52. The molecular formula is C29H38N2O2. The van der Waals surface area contributed by atoms with Crippen LogP contribution in [-0.2, 0) is 5.41 Å². The lowest BCUT2D eigenvalue weighted by atomic mass is 9.77. The quantitative estimate of drug-likeness (QED) is 0.513. The van der Waals surface area contributed by atoms with Crippen molar-refractivity contribution in [2.75, 3.05) is 39.3 Å². The van der Waals surface area contributed by atoms with Crippen LogP contribution in [0.15, 0.2) is 48.5 Å². The molecule has 0 aliphatic carbocycles. The van der Waals surface area contributed by atoms with Crippen molar-refractivity contribution in [3.63, 3.8) is 0 Å². The van der Waals surface area contributed by atoms with E-state index in [0.717, 1.165) is 48.4 Å². The maximum absolute atomic E-state index is 12.9. The van der Waals surface area contributed by atoms with Crippen LogP contribution in [0, 0.1) is 0 Å². The molecule has 4 rings (SSSR count). The summed E-state index contributed by atoms with van der Waals surface area (Å²) in [5, 5.41) is 0. The molecule has 0 N–H and O–H groups in total. The average molecular weight is 447 g/mol. The van der Waals surface area contributed by atoms with E-state index in [1.165, 1.54) is 38.5 Å². The monoisotopic (exact) mass is 446 g/mol. The Morgan fingerprint density at radius 3 is 1.73 bits per heavy atom. The number of ketones is 2. The molecule has 2 heterocycles. The molecule has 2 fully saturated rings. The Bertz CT molecular complexity index is 952. The summed E-state index contributed by atoms with van der Waals surface area (Å²) in [5.74, 6) is 0.403. The maximum Gasteiger partial charge on any atom is 0.176 e. The fourth-order valence-electron chi connectivity index (χ4n) is 5.14. The Morgan fingerprint density at radius 2 is 1.18 bits per heavy atom. The Balaban J connectivity index is 1.44. The molecule has 2 aliphatic heterocycles. The highest BCUT2D eigenvalue weighted by molar-refractivity contribution is 5.98. The molecule has 0 unspecified atom stereocenters. The molecule has 0 radical (unpaired) electrons. The molecule has 0 saturated carbocycles. The first-order valence-corrected chi connectivity index (χ1v) is 12.7. The van der Waals surface area contributed by atoms with Gasteiger partial charge in [0, 0.05) is 16.5 Å². The van der Waals surface area contributed by atoms with Crippen LogP contribution in [0.3, 0.4) is 0 Å². The molecule has 2 aromatic rings. The standard InChI is InChI=1S/C29H38N2O2/c1-29(2,25-14-12-23(13-15-25)27(32)21-30-16-5-3-6-17-30)26-11-9-10-24(20-26)28(33)22-31-18-7-4-8-19-31/h9-15,20H,3-8,16-19,21-22H2,1-2H3. The number of hydrogen-bond acceptors (Lipinski definition) is 4. The third-order valence-corrected chi connectivity index (χ3v) is 7.47. The van der Waals surface area contributed by atoms with E-state index in [4.69, 9.17) is 0 Å². The van der Waals surface area contributed by atoms with Gasteiger partial charge in [0.15, 0.2) is 11.6 Å². The van der Waals surface area contributed by atoms with Gasteiger partial charge in [0.1, 0.15) is 0 Å². The van der Waals surface area contributed by atoms with Gasteiger partial charge in [0.25, 0.3) is 0 Å². The van der Waals surface area contributed by atoms with Crippen LogP contribution in [0.5, 0.6) is 0 Å². The first kappa shape index (κ1) is 23.8. The van der Waals surface area contributed by atoms with Gasteiger partial charge in [-0.05, 0) is 69.1 Å².